The van der Waals surface area contributed by atoms with Crippen molar-refractivity contribution in [2.75, 3.05) is 0 Å². The Kier molecular flexibility index (Phi) is 4.59. The number of benzene rings is 2. The molecule has 0 unspecified atom stereocenters. The van der Waals surface area contributed by atoms with Gasteiger partial charge in [0.05, 0.1) is 0 Å². The summed E-state index contributed by atoms with van der Waals surface area (Å²) in [6, 6.07) is 19.8. The smallest absolute Gasteiger partial charge is 0.0481 e. The van der Waals surface area contributed by atoms with Crippen LogP contribution in [0.5, 0.6) is 0 Å². The number of aromatic nitrogens is 1. The van der Waals surface area contributed by atoms with Crippen molar-refractivity contribution in [1.29, 1.82) is 0 Å². The van der Waals surface area contributed by atoms with Crippen LogP contribution in [0.2, 0.25) is 0 Å². The molecule has 0 amide bonds. The van der Waals surface area contributed by atoms with Gasteiger partial charge in [0, 0.05) is 36.7 Å². The van der Waals surface area contributed by atoms with Gasteiger partial charge in [-0.1, -0.05) is 61.9 Å². The van der Waals surface area contributed by atoms with Crippen LogP contribution in [0.3, 0.4) is 0 Å². The highest BCUT2D eigenvalue weighted by Gasteiger charge is 2.11. The van der Waals surface area contributed by atoms with Gasteiger partial charge in [-0.05, 0) is 23.6 Å². The minimum atomic E-state index is 0.421. The lowest BCUT2D eigenvalue weighted by Gasteiger charge is -2.18. The molecule has 3 rings (SSSR count). The molecule has 2 aromatic carbocycles. The van der Waals surface area contributed by atoms with Crippen molar-refractivity contribution in [3.63, 3.8) is 0 Å². The second kappa shape index (κ2) is 6.80. The first-order valence-electron chi connectivity index (χ1n) is 8.11. The van der Waals surface area contributed by atoms with Gasteiger partial charge in [0.1, 0.15) is 0 Å². The minimum absolute atomic E-state index is 0.421. The Labute approximate surface area is 132 Å². The predicted molar refractivity (Wildman–Crippen MR) is 93.8 cm³/mol. The normalized spacial score (nSPS) is 12.6. The topological polar surface area (TPSA) is 17.0 Å². The highest BCUT2D eigenvalue weighted by atomic mass is 14.9. The molecule has 0 aliphatic rings. The average molecular weight is 292 g/mol. The molecule has 0 saturated carbocycles. The number of hydrogen-bond acceptors (Lipinski definition) is 1. The van der Waals surface area contributed by atoms with Crippen molar-refractivity contribution in [2.45, 2.75) is 32.4 Å². The summed E-state index contributed by atoms with van der Waals surface area (Å²) < 4.78 is 2.21. The van der Waals surface area contributed by atoms with Gasteiger partial charge in [-0.15, -0.1) is 0 Å². The number of aryl methyl sites for hydroxylation is 1. The van der Waals surface area contributed by atoms with E-state index in [1.807, 2.05) is 0 Å². The highest BCUT2D eigenvalue weighted by Crippen LogP contribution is 2.23. The average Bonchev–Trinajstić information content (AvgIpc) is 2.89. The summed E-state index contributed by atoms with van der Waals surface area (Å²) in [6.45, 7) is 3.15. The summed E-state index contributed by atoms with van der Waals surface area (Å²) in [7, 11) is 2.12. The van der Waals surface area contributed by atoms with Crippen LogP contribution in [-0.4, -0.2) is 4.57 Å². The summed E-state index contributed by atoms with van der Waals surface area (Å²) in [5.74, 6) is 0. The number of fused-ring (bicyclic) bond motifs is 1. The first-order valence-corrected chi connectivity index (χ1v) is 8.11. The van der Waals surface area contributed by atoms with Gasteiger partial charge < -0.3 is 9.88 Å². The Morgan fingerprint density at radius 3 is 2.50 bits per heavy atom. The lowest BCUT2D eigenvalue weighted by molar-refractivity contribution is 0.494. The zero-order valence-electron chi connectivity index (χ0n) is 13.4. The molecule has 2 nitrogen and oxygen atoms in total. The number of nitrogens with one attached hydrogen (secondary N) is 1. The Morgan fingerprint density at radius 2 is 1.73 bits per heavy atom. The molecular formula is C20H24N2. The number of rotatable bonds is 6. The van der Waals surface area contributed by atoms with Crippen molar-refractivity contribution in [3.05, 3.63) is 71.9 Å². The summed E-state index contributed by atoms with van der Waals surface area (Å²) in [5, 5.41) is 5.09. The molecule has 0 spiro atoms. The molecule has 0 saturated heterocycles. The molecule has 0 aliphatic heterocycles. The Morgan fingerprint density at radius 1 is 1.00 bits per heavy atom. The van der Waals surface area contributed by atoms with Gasteiger partial charge in [0.25, 0.3) is 0 Å². The van der Waals surface area contributed by atoms with Crippen LogP contribution in [0.1, 0.15) is 36.9 Å². The lowest BCUT2D eigenvalue weighted by atomic mass is 10.0. The fourth-order valence-electron chi connectivity index (χ4n) is 3.16. The van der Waals surface area contributed by atoms with E-state index in [0.717, 1.165) is 13.0 Å². The second-order valence-electron chi connectivity index (χ2n) is 5.92. The van der Waals surface area contributed by atoms with E-state index >= 15 is 0 Å². The van der Waals surface area contributed by atoms with E-state index in [4.69, 9.17) is 0 Å². The first-order chi connectivity index (χ1) is 10.8. The zero-order valence-corrected chi connectivity index (χ0v) is 13.4. The summed E-state index contributed by atoms with van der Waals surface area (Å²) in [4.78, 5) is 0. The zero-order chi connectivity index (χ0) is 15.4. The molecule has 1 heterocycles. The highest BCUT2D eigenvalue weighted by molar-refractivity contribution is 5.83. The lowest BCUT2D eigenvalue weighted by Crippen LogP contribution is -2.20. The minimum Gasteiger partial charge on any atom is -0.350 e. The standard InChI is InChI=1S/C20H24N2/c1-3-9-19(16-10-5-4-6-11-16)21-14-17-15-22(2)20-13-8-7-12-18(17)20/h4-8,10-13,15,19,21H,3,9,14H2,1-2H3/t19-/m1/s1. The van der Waals surface area contributed by atoms with Crippen LogP contribution < -0.4 is 5.32 Å². The molecule has 0 aliphatic carbocycles. The molecule has 1 N–H and O–H groups in total. The van der Waals surface area contributed by atoms with Gasteiger partial charge in [-0.25, -0.2) is 0 Å². The molecule has 0 bridgehead atoms. The van der Waals surface area contributed by atoms with Gasteiger partial charge in [0.15, 0.2) is 0 Å². The van der Waals surface area contributed by atoms with Crippen LogP contribution in [0.15, 0.2) is 60.8 Å². The monoisotopic (exact) mass is 292 g/mol. The summed E-state index contributed by atoms with van der Waals surface area (Å²) in [5.41, 5.74) is 4.05. The van der Waals surface area contributed by atoms with Crippen molar-refractivity contribution in [3.8, 4) is 0 Å². The van der Waals surface area contributed by atoms with E-state index in [0.29, 0.717) is 6.04 Å². The van der Waals surface area contributed by atoms with Crippen molar-refractivity contribution >= 4 is 10.9 Å². The fraction of sp³-hybridized carbons (Fsp3) is 0.300. The third kappa shape index (κ3) is 3.07. The number of nitrogens with zero attached hydrogens (tertiary/aromatic N) is 1. The van der Waals surface area contributed by atoms with E-state index in [9.17, 15) is 0 Å². The Bertz CT molecular complexity index is 728. The molecule has 0 fully saturated rings. The predicted octanol–water partition coefficient (Wildman–Crippen LogP) is 4.81. The first kappa shape index (κ1) is 14.9. The van der Waals surface area contributed by atoms with Crippen LogP contribution in [-0.2, 0) is 13.6 Å². The Balaban J connectivity index is 1.79. The van der Waals surface area contributed by atoms with Crippen LogP contribution >= 0.6 is 0 Å². The van der Waals surface area contributed by atoms with Gasteiger partial charge in [-0.2, -0.15) is 0 Å². The molecule has 22 heavy (non-hydrogen) atoms. The second-order valence-corrected chi connectivity index (χ2v) is 5.92. The quantitative estimate of drug-likeness (QED) is 0.690. The largest absolute Gasteiger partial charge is 0.350 e. The maximum absolute atomic E-state index is 3.75. The maximum atomic E-state index is 3.75. The van der Waals surface area contributed by atoms with Gasteiger partial charge in [-0.3, -0.25) is 0 Å². The van der Waals surface area contributed by atoms with E-state index in [-0.39, 0.29) is 0 Å². The van der Waals surface area contributed by atoms with Gasteiger partial charge in [0.2, 0.25) is 0 Å². The molecule has 0 radical (unpaired) electrons. The Hall–Kier alpha value is -2.06. The van der Waals surface area contributed by atoms with E-state index in [2.05, 4.69) is 84.6 Å². The SMILES string of the molecule is CCC[C@@H](NCc1cn(C)c2ccccc12)c1ccccc1. The number of hydrogen-bond donors (Lipinski definition) is 1. The van der Waals surface area contributed by atoms with Gasteiger partial charge >= 0.3 is 0 Å². The van der Waals surface area contributed by atoms with Crippen molar-refractivity contribution < 1.29 is 0 Å². The van der Waals surface area contributed by atoms with E-state index in [1.165, 1.54) is 28.5 Å². The molecule has 3 aromatic rings. The van der Waals surface area contributed by atoms with E-state index < -0.39 is 0 Å². The third-order valence-electron chi connectivity index (χ3n) is 4.30. The van der Waals surface area contributed by atoms with Crippen LogP contribution in [0, 0.1) is 0 Å². The fourth-order valence-corrected chi connectivity index (χ4v) is 3.16. The van der Waals surface area contributed by atoms with Crippen LogP contribution in [0.25, 0.3) is 10.9 Å². The van der Waals surface area contributed by atoms with Crippen molar-refractivity contribution in [2.24, 2.45) is 7.05 Å². The molecular weight excluding hydrogens is 268 g/mol. The van der Waals surface area contributed by atoms with Crippen molar-refractivity contribution in [1.82, 2.24) is 9.88 Å². The van der Waals surface area contributed by atoms with E-state index in [1.54, 1.807) is 0 Å². The summed E-state index contributed by atoms with van der Waals surface area (Å²) >= 11 is 0. The molecule has 1 aromatic heterocycles. The molecule has 114 valence electrons. The van der Waals surface area contributed by atoms with Crippen LogP contribution in [0.4, 0.5) is 0 Å². The number of para-hydroxylation sites is 1. The maximum Gasteiger partial charge on any atom is 0.0481 e. The molecule has 2 heteroatoms. The molecule has 1 atom stereocenters. The third-order valence-corrected chi connectivity index (χ3v) is 4.30. The summed E-state index contributed by atoms with van der Waals surface area (Å²) in [6.07, 6.45) is 4.59.